The topological polar surface area (TPSA) is 107 Å². The summed E-state index contributed by atoms with van der Waals surface area (Å²) in [6.45, 7) is 1.99. The Bertz CT molecular complexity index is 684. The highest BCUT2D eigenvalue weighted by Crippen LogP contribution is 2.28. The summed E-state index contributed by atoms with van der Waals surface area (Å²) in [5.41, 5.74) is 2.76. The van der Waals surface area contributed by atoms with Crippen molar-refractivity contribution in [3.63, 3.8) is 0 Å². The van der Waals surface area contributed by atoms with E-state index in [-0.39, 0.29) is 24.0 Å². The van der Waals surface area contributed by atoms with Crippen molar-refractivity contribution >= 4 is 22.9 Å². The van der Waals surface area contributed by atoms with Crippen molar-refractivity contribution in [2.24, 2.45) is 5.84 Å². The van der Waals surface area contributed by atoms with Crippen LogP contribution >= 0.6 is 11.3 Å². The van der Waals surface area contributed by atoms with E-state index in [0.29, 0.717) is 4.88 Å². The molecule has 0 aliphatic carbocycles. The van der Waals surface area contributed by atoms with Gasteiger partial charge in [0.15, 0.2) is 5.75 Å². The second kappa shape index (κ2) is 6.33. The van der Waals surface area contributed by atoms with Gasteiger partial charge in [-0.25, -0.2) is 5.84 Å². The van der Waals surface area contributed by atoms with Crippen molar-refractivity contribution in [2.75, 3.05) is 0 Å². The van der Waals surface area contributed by atoms with Crippen LogP contribution < -0.4 is 16.0 Å². The van der Waals surface area contributed by atoms with E-state index in [4.69, 9.17) is 10.6 Å². The van der Waals surface area contributed by atoms with Crippen LogP contribution in [0.3, 0.4) is 0 Å². The van der Waals surface area contributed by atoms with Gasteiger partial charge in [-0.15, -0.1) is 11.3 Å². The summed E-state index contributed by atoms with van der Waals surface area (Å²) < 4.78 is 5.49. The number of hydrogen-bond acceptors (Lipinski definition) is 6. The molecular weight excluding hydrogens is 294 g/mol. The molecule has 1 aromatic heterocycles. The quantitative estimate of drug-likeness (QED) is 0.381. The number of amides is 1. The number of thiophene rings is 1. The normalized spacial score (nSPS) is 10.2. The number of rotatable bonds is 5. The van der Waals surface area contributed by atoms with E-state index in [2.05, 4.69) is 5.43 Å². The molecule has 1 heterocycles. The molecule has 1 amide bonds. The molecule has 2 aromatic rings. The lowest BCUT2D eigenvalue weighted by Crippen LogP contribution is -2.29. The van der Waals surface area contributed by atoms with Crippen molar-refractivity contribution in [3.05, 3.63) is 55.8 Å². The summed E-state index contributed by atoms with van der Waals surface area (Å²) in [5, 5.41) is 10.9. The molecule has 0 fully saturated rings. The Morgan fingerprint density at radius 3 is 2.86 bits per heavy atom. The first-order chi connectivity index (χ1) is 10.0. The van der Waals surface area contributed by atoms with Crippen molar-refractivity contribution in [3.8, 4) is 5.75 Å². The van der Waals surface area contributed by atoms with E-state index >= 15 is 0 Å². The highest BCUT2D eigenvalue weighted by molar-refractivity contribution is 7.14. The van der Waals surface area contributed by atoms with Crippen LogP contribution in [0.25, 0.3) is 0 Å². The van der Waals surface area contributed by atoms with Gasteiger partial charge in [-0.3, -0.25) is 20.3 Å². The molecule has 21 heavy (non-hydrogen) atoms. The SMILES string of the molecule is Cc1sc(C(=O)NN)cc1COc1ccccc1[N+](=O)[O-]. The van der Waals surface area contributed by atoms with Gasteiger partial charge in [0.25, 0.3) is 5.91 Å². The van der Waals surface area contributed by atoms with E-state index in [1.54, 1.807) is 18.2 Å². The third-order valence-electron chi connectivity index (χ3n) is 2.82. The molecule has 0 unspecified atom stereocenters. The number of nitrogens with two attached hydrogens (primary N) is 1. The summed E-state index contributed by atoms with van der Waals surface area (Å²) in [6.07, 6.45) is 0. The fraction of sp³-hybridized carbons (Fsp3) is 0.154. The van der Waals surface area contributed by atoms with Gasteiger partial charge in [0.05, 0.1) is 9.80 Å². The lowest BCUT2D eigenvalue weighted by Gasteiger charge is -2.06. The van der Waals surface area contributed by atoms with Gasteiger partial charge in [0, 0.05) is 16.5 Å². The van der Waals surface area contributed by atoms with Gasteiger partial charge in [0.1, 0.15) is 6.61 Å². The lowest BCUT2D eigenvalue weighted by molar-refractivity contribution is -0.385. The molecule has 0 aliphatic heterocycles. The van der Waals surface area contributed by atoms with Crippen LogP contribution in [0.2, 0.25) is 0 Å². The molecular formula is C13H13N3O4S. The first-order valence-electron chi connectivity index (χ1n) is 5.99. The number of ether oxygens (including phenoxy) is 1. The fourth-order valence-corrected chi connectivity index (χ4v) is 2.66. The minimum Gasteiger partial charge on any atom is -0.482 e. The summed E-state index contributed by atoms with van der Waals surface area (Å²) in [4.78, 5) is 23.2. The first kappa shape index (κ1) is 14.9. The molecule has 2 rings (SSSR count). The smallest absolute Gasteiger partial charge is 0.310 e. The Hall–Kier alpha value is -2.45. The molecule has 0 saturated heterocycles. The third-order valence-corrected chi connectivity index (χ3v) is 3.91. The van der Waals surface area contributed by atoms with Gasteiger partial charge in [-0.2, -0.15) is 0 Å². The van der Waals surface area contributed by atoms with Crippen LogP contribution in [-0.4, -0.2) is 10.8 Å². The minimum absolute atomic E-state index is 0.0923. The molecule has 110 valence electrons. The highest BCUT2D eigenvalue weighted by atomic mass is 32.1. The molecule has 0 bridgehead atoms. The van der Waals surface area contributed by atoms with Crippen molar-refractivity contribution < 1.29 is 14.5 Å². The summed E-state index contributed by atoms with van der Waals surface area (Å²) >= 11 is 1.29. The van der Waals surface area contributed by atoms with Crippen molar-refractivity contribution in [1.82, 2.24) is 5.43 Å². The number of aryl methyl sites for hydroxylation is 1. The zero-order valence-corrected chi connectivity index (χ0v) is 12.0. The summed E-state index contributed by atoms with van der Waals surface area (Å²) in [5.74, 6) is 4.90. The Labute approximate surface area is 124 Å². The number of nitrogens with zero attached hydrogens (tertiary/aromatic N) is 1. The average Bonchev–Trinajstić information content (AvgIpc) is 2.85. The van der Waals surface area contributed by atoms with E-state index in [1.807, 2.05) is 6.92 Å². The minimum atomic E-state index is -0.497. The predicted molar refractivity (Wildman–Crippen MR) is 78.1 cm³/mol. The maximum atomic E-state index is 11.4. The molecule has 3 N–H and O–H groups in total. The van der Waals surface area contributed by atoms with Crippen molar-refractivity contribution in [2.45, 2.75) is 13.5 Å². The number of para-hydroxylation sites is 2. The number of nitrogen functional groups attached to an aromatic ring is 1. The second-order valence-electron chi connectivity index (χ2n) is 4.18. The van der Waals surface area contributed by atoms with Crippen LogP contribution in [0.1, 0.15) is 20.1 Å². The molecule has 8 heteroatoms. The number of hydrogen-bond donors (Lipinski definition) is 2. The highest BCUT2D eigenvalue weighted by Gasteiger charge is 2.16. The molecule has 0 aliphatic rings. The zero-order chi connectivity index (χ0) is 15.4. The zero-order valence-electron chi connectivity index (χ0n) is 11.2. The number of carbonyl (C=O) groups excluding carboxylic acids is 1. The molecule has 1 aromatic carbocycles. The van der Waals surface area contributed by atoms with E-state index in [9.17, 15) is 14.9 Å². The number of carbonyl (C=O) groups is 1. The first-order valence-corrected chi connectivity index (χ1v) is 6.81. The molecule has 0 spiro atoms. The van der Waals surface area contributed by atoms with Gasteiger partial charge < -0.3 is 4.74 Å². The van der Waals surface area contributed by atoms with E-state index in [0.717, 1.165) is 10.4 Å². The molecule has 0 radical (unpaired) electrons. The van der Waals surface area contributed by atoms with E-state index in [1.165, 1.54) is 23.5 Å². The van der Waals surface area contributed by atoms with Crippen LogP contribution in [0, 0.1) is 17.0 Å². The van der Waals surface area contributed by atoms with Crippen LogP contribution in [0.15, 0.2) is 30.3 Å². The standard InChI is InChI=1S/C13H13N3O4S/c1-8-9(6-12(21-8)13(17)15-14)7-20-11-5-3-2-4-10(11)16(18)19/h2-6H,7,14H2,1H3,(H,15,17). The second-order valence-corrected chi connectivity index (χ2v) is 5.44. The third kappa shape index (κ3) is 3.36. The van der Waals surface area contributed by atoms with Gasteiger partial charge in [-0.1, -0.05) is 12.1 Å². The Balaban J connectivity index is 2.15. The Morgan fingerprint density at radius 2 is 2.19 bits per heavy atom. The fourth-order valence-electron chi connectivity index (χ4n) is 1.73. The Morgan fingerprint density at radius 1 is 1.48 bits per heavy atom. The lowest BCUT2D eigenvalue weighted by atomic mass is 10.2. The average molecular weight is 307 g/mol. The summed E-state index contributed by atoms with van der Waals surface area (Å²) in [7, 11) is 0. The van der Waals surface area contributed by atoms with Crippen LogP contribution in [0.5, 0.6) is 5.75 Å². The number of nitro benzene ring substituents is 1. The summed E-state index contributed by atoms with van der Waals surface area (Å²) in [6, 6.07) is 7.81. The molecule has 0 saturated carbocycles. The Kier molecular flexibility index (Phi) is 4.51. The number of hydrazine groups is 1. The van der Waals surface area contributed by atoms with Crippen LogP contribution in [-0.2, 0) is 6.61 Å². The number of nitro groups is 1. The monoisotopic (exact) mass is 307 g/mol. The van der Waals surface area contributed by atoms with Gasteiger partial charge in [0.2, 0.25) is 0 Å². The number of nitrogens with one attached hydrogen (secondary N) is 1. The molecule has 7 nitrogen and oxygen atoms in total. The maximum absolute atomic E-state index is 11.4. The predicted octanol–water partition coefficient (Wildman–Crippen LogP) is 2.15. The van der Waals surface area contributed by atoms with Gasteiger partial charge in [-0.05, 0) is 19.1 Å². The van der Waals surface area contributed by atoms with Crippen LogP contribution in [0.4, 0.5) is 5.69 Å². The largest absolute Gasteiger partial charge is 0.482 e. The van der Waals surface area contributed by atoms with Gasteiger partial charge >= 0.3 is 5.69 Å². The van der Waals surface area contributed by atoms with Crippen molar-refractivity contribution in [1.29, 1.82) is 0 Å². The number of benzene rings is 1. The maximum Gasteiger partial charge on any atom is 0.310 e. The van der Waals surface area contributed by atoms with E-state index < -0.39 is 4.92 Å². The molecule has 0 atom stereocenters.